The summed E-state index contributed by atoms with van der Waals surface area (Å²) in [6, 6.07) is 11.2. The van der Waals surface area contributed by atoms with Crippen LogP contribution in [0.5, 0.6) is 5.88 Å². The average Bonchev–Trinajstić information content (AvgIpc) is 2.97. The molecule has 0 atom stereocenters. The smallest absolute Gasteiger partial charge is 0.481 e. The number of nitrogens with one attached hydrogen (secondary N) is 1. The van der Waals surface area contributed by atoms with Gasteiger partial charge in [0, 0.05) is 12.1 Å². The standard InChI is InChI=1S/C23H30BN3O5/c1-22(2)23(3,4)32-24(31-22)18(11-17-12-19(25)14-26-20(17)29-5)13-27-21(28)30-15-16-9-7-6-8-10-16/h6-12,14H,13,15,25H2,1-5H3,(H,27,28). The first-order chi connectivity index (χ1) is 15.1. The molecule has 8 nitrogen and oxygen atoms in total. The lowest BCUT2D eigenvalue weighted by Crippen LogP contribution is -2.41. The topological polar surface area (TPSA) is 105 Å². The molecule has 1 amide bonds. The monoisotopic (exact) mass is 439 g/mol. The van der Waals surface area contributed by atoms with E-state index in [9.17, 15) is 4.79 Å². The van der Waals surface area contributed by atoms with Gasteiger partial charge in [-0.2, -0.15) is 0 Å². The molecule has 2 aromatic rings. The summed E-state index contributed by atoms with van der Waals surface area (Å²) in [5.41, 5.74) is 7.55. The summed E-state index contributed by atoms with van der Waals surface area (Å²) < 4.78 is 23.1. The van der Waals surface area contributed by atoms with Crippen molar-refractivity contribution in [3.05, 3.63) is 59.2 Å². The van der Waals surface area contributed by atoms with E-state index < -0.39 is 24.4 Å². The largest absolute Gasteiger partial charge is 0.492 e. The number of ether oxygens (including phenoxy) is 2. The van der Waals surface area contributed by atoms with Crippen LogP contribution < -0.4 is 15.8 Å². The fraction of sp³-hybridized carbons (Fsp3) is 0.391. The second-order valence-corrected chi connectivity index (χ2v) is 8.59. The van der Waals surface area contributed by atoms with E-state index in [2.05, 4.69) is 10.3 Å². The van der Waals surface area contributed by atoms with Gasteiger partial charge in [0.1, 0.15) is 6.61 Å². The van der Waals surface area contributed by atoms with Crippen LogP contribution in [-0.4, -0.2) is 43.1 Å². The zero-order chi connectivity index (χ0) is 23.4. The van der Waals surface area contributed by atoms with E-state index in [-0.39, 0.29) is 13.2 Å². The maximum Gasteiger partial charge on any atom is 0.492 e. The van der Waals surface area contributed by atoms with Crippen LogP contribution in [0.25, 0.3) is 6.08 Å². The summed E-state index contributed by atoms with van der Waals surface area (Å²) in [5, 5.41) is 2.78. The molecule has 1 aromatic heterocycles. The molecule has 32 heavy (non-hydrogen) atoms. The van der Waals surface area contributed by atoms with Gasteiger partial charge in [0.25, 0.3) is 0 Å². The number of benzene rings is 1. The van der Waals surface area contributed by atoms with Crippen molar-refractivity contribution in [3.63, 3.8) is 0 Å². The van der Waals surface area contributed by atoms with Gasteiger partial charge in [-0.1, -0.05) is 36.4 Å². The fourth-order valence-electron chi connectivity index (χ4n) is 3.11. The van der Waals surface area contributed by atoms with Gasteiger partial charge in [-0.3, -0.25) is 0 Å². The maximum absolute atomic E-state index is 12.3. The lowest BCUT2D eigenvalue weighted by atomic mass is 9.77. The first kappa shape index (κ1) is 23.6. The van der Waals surface area contributed by atoms with Crippen molar-refractivity contribution in [3.8, 4) is 5.88 Å². The minimum Gasteiger partial charge on any atom is -0.481 e. The highest BCUT2D eigenvalue weighted by molar-refractivity contribution is 6.56. The Labute approximate surface area is 189 Å². The Morgan fingerprint density at radius 3 is 2.47 bits per heavy atom. The van der Waals surface area contributed by atoms with Crippen molar-refractivity contribution >= 4 is 25.0 Å². The first-order valence-electron chi connectivity index (χ1n) is 10.4. The first-order valence-corrected chi connectivity index (χ1v) is 10.4. The number of hydrogen-bond donors (Lipinski definition) is 2. The van der Waals surface area contributed by atoms with Crippen molar-refractivity contribution in [2.75, 3.05) is 19.4 Å². The number of alkyl carbamates (subject to hydrolysis) is 1. The number of nitrogens with zero attached hydrogens (tertiary/aromatic N) is 1. The molecule has 1 aliphatic rings. The number of carbonyl (C=O) groups is 1. The summed E-state index contributed by atoms with van der Waals surface area (Å²) in [4.78, 5) is 16.5. The molecule has 0 radical (unpaired) electrons. The van der Waals surface area contributed by atoms with Crippen LogP contribution in [0.1, 0.15) is 38.8 Å². The number of hydrogen-bond acceptors (Lipinski definition) is 7. The minimum atomic E-state index is -0.680. The van der Waals surface area contributed by atoms with E-state index in [4.69, 9.17) is 24.5 Å². The predicted molar refractivity (Wildman–Crippen MR) is 124 cm³/mol. The summed E-state index contributed by atoms with van der Waals surface area (Å²) in [5.74, 6) is 0.403. The van der Waals surface area contributed by atoms with Crippen LogP contribution in [-0.2, 0) is 20.7 Å². The Morgan fingerprint density at radius 1 is 1.19 bits per heavy atom. The van der Waals surface area contributed by atoms with Gasteiger partial charge in [0.05, 0.1) is 30.2 Å². The van der Waals surface area contributed by atoms with Crippen LogP contribution in [0.4, 0.5) is 10.5 Å². The van der Waals surface area contributed by atoms with E-state index >= 15 is 0 Å². The lowest BCUT2D eigenvalue weighted by Gasteiger charge is -2.32. The Kier molecular flexibility index (Phi) is 7.11. The SMILES string of the molecule is COc1ncc(N)cc1C=C(CNC(=O)OCc1ccccc1)B1OC(C)(C)C(C)(C)O1. The molecule has 0 saturated carbocycles. The van der Waals surface area contributed by atoms with E-state index in [1.165, 1.54) is 13.3 Å². The summed E-state index contributed by atoms with van der Waals surface area (Å²) in [6.07, 6.45) is 2.78. The quantitative estimate of drug-likeness (QED) is 0.635. The summed E-state index contributed by atoms with van der Waals surface area (Å²) in [7, 11) is 0.851. The molecule has 0 aliphatic carbocycles. The van der Waals surface area contributed by atoms with E-state index in [0.717, 1.165) is 5.56 Å². The van der Waals surface area contributed by atoms with Crippen LogP contribution in [0.15, 0.2) is 48.1 Å². The molecule has 1 aliphatic heterocycles. The molecular formula is C23H30BN3O5. The Morgan fingerprint density at radius 2 is 1.84 bits per heavy atom. The number of aromatic nitrogens is 1. The Balaban J connectivity index is 1.78. The van der Waals surface area contributed by atoms with Crippen LogP contribution in [0.2, 0.25) is 0 Å². The molecule has 1 fully saturated rings. The van der Waals surface area contributed by atoms with Crippen LogP contribution in [0, 0.1) is 0 Å². The fourth-order valence-corrected chi connectivity index (χ4v) is 3.11. The summed E-state index contributed by atoms with van der Waals surface area (Å²) in [6.45, 7) is 8.19. The third-order valence-corrected chi connectivity index (χ3v) is 5.64. The van der Waals surface area contributed by atoms with Crippen molar-refractivity contribution in [2.45, 2.75) is 45.5 Å². The molecule has 1 aromatic carbocycles. The minimum absolute atomic E-state index is 0.141. The van der Waals surface area contributed by atoms with Gasteiger partial charge in [0.2, 0.25) is 5.88 Å². The van der Waals surface area contributed by atoms with Crippen LogP contribution >= 0.6 is 0 Å². The van der Waals surface area contributed by atoms with E-state index in [0.29, 0.717) is 22.6 Å². The molecule has 0 bridgehead atoms. The number of carbonyl (C=O) groups excluding carboxylic acids is 1. The lowest BCUT2D eigenvalue weighted by molar-refractivity contribution is 0.00578. The average molecular weight is 439 g/mol. The zero-order valence-electron chi connectivity index (χ0n) is 19.2. The van der Waals surface area contributed by atoms with Crippen molar-refractivity contribution in [2.24, 2.45) is 0 Å². The predicted octanol–water partition coefficient (Wildman–Crippen LogP) is 3.61. The van der Waals surface area contributed by atoms with Gasteiger partial charge >= 0.3 is 13.2 Å². The molecule has 9 heteroatoms. The van der Waals surface area contributed by atoms with Gasteiger partial charge in [0.15, 0.2) is 0 Å². The highest BCUT2D eigenvalue weighted by Gasteiger charge is 2.52. The van der Waals surface area contributed by atoms with Gasteiger partial charge in [-0.25, -0.2) is 9.78 Å². The number of anilines is 1. The van der Waals surface area contributed by atoms with E-state index in [1.807, 2.05) is 64.1 Å². The van der Waals surface area contributed by atoms with Gasteiger partial charge < -0.3 is 29.8 Å². The van der Waals surface area contributed by atoms with Crippen molar-refractivity contribution < 1.29 is 23.6 Å². The molecule has 170 valence electrons. The number of pyridine rings is 1. The van der Waals surface area contributed by atoms with E-state index in [1.54, 1.807) is 6.07 Å². The second-order valence-electron chi connectivity index (χ2n) is 8.59. The number of nitrogens with two attached hydrogens (primary N) is 1. The maximum atomic E-state index is 12.3. The number of nitrogen functional groups attached to an aromatic ring is 1. The van der Waals surface area contributed by atoms with Crippen molar-refractivity contribution in [1.82, 2.24) is 10.3 Å². The highest BCUT2D eigenvalue weighted by atomic mass is 16.7. The molecule has 3 N–H and O–H groups in total. The molecule has 1 saturated heterocycles. The zero-order valence-corrected chi connectivity index (χ0v) is 19.2. The normalized spacial score (nSPS) is 17.2. The Hall–Kier alpha value is -3.04. The molecular weight excluding hydrogens is 409 g/mol. The molecule has 3 rings (SSSR count). The molecule has 0 spiro atoms. The highest BCUT2D eigenvalue weighted by Crippen LogP contribution is 2.39. The number of amides is 1. The van der Waals surface area contributed by atoms with Crippen molar-refractivity contribution in [1.29, 1.82) is 0 Å². The third-order valence-electron chi connectivity index (χ3n) is 5.64. The van der Waals surface area contributed by atoms with Crippen LogP contribution in [0.3, 0.4) is 0 Å². The van der Waals surface area contributed by atoms with Gasteiger partial charge in [-0.05, 0) is 44.8 Å². The summed E-state index contributed by atoms with van der Waals surface area (Å²) >= 11 is 0. The third kappa shape index (κ3) is 5.60. The number of methoxy groups -OCH3 is 1. The second kappa shape index (κ2) is 9.62. The molecule has 0 unspecified atom stereocenters. The van der Waals surface area contributed by atoms with Gasteiger partial charge in [-0.15, -0.1) is 0 Å². The number of rotatable bonds is 7. The molecule has 2 heterocycles. The Bertz CT molecular complexity index is 963.